The molecule has 0 bridgehead atoms. The normalized spacial score (nSPS) is 12.5. The molecule has 0 fully saturated rings. The molecule has 1 aromatic heterocycles. The van der Waals surface area contributed by atoms with E-state index in [4.69, 9.17) is 5.11 Å². The SMILES string of the molecule is Cc1sc(=O)n(CCC(=O)NC(C)CO)c1C. The van der Waals surface area contributed by atoms with Crippen LogP contribution in [0.3, 0.4) is 0 Å². The summed E-state index contributed by atoms with van der Waals surface area (Å²) in [4.78, 5) is 24.0. The number of aromatic nitrogens is 1. The molecule has 1 unspecified atom stereocenters. The maximum atomic E-state index is 11.6. The largest absolute Gasteiger partial charge is 0.394 e. The molecule has 0 aromatic carbocycles. The van der Waals surface area contributed by atoms with Gasteiger partial charge in [0.25, 0.3) is 0 Å². The van der Waals surface area contributed by atoms with Gasteiger partial charge in [-0.1, -0.05) is 11.3 Å². The van der Waals surface area contributed by atoms with Crippen LogP contribution in [0.5, 0.6) is 0 Å². The van der Waals surface area contributed by atoms with Crippen LogP contribution in [0.4, 0.5) is 0 Å². The zero-order valence-electron chi connectivity index (χ0n) is 10.3. The van der Waals surface area contributed by atoms with Crippen molar-refractivity contribution >= 4 is 17.2 Å². The highest BCUT2D eigenvalue weighted by Crippen LogP contribution is 2.09. The lowest BCUT2D eigenvalue weighted by Crippen LogP contribution is -2.35. The van der Waals surface area contributed by atoms with Crippen molar-refractivity contribution in [1.29, 1.82) is 0 Å². The van der Waals surface area contributed by atoms with Crippen LogP contribution in [0.15, 0.2) is 4.79 Å². The molecule has 0 aliphatic heterocycles. The lowest BCUT2D eigenvalue weighted by molar-refractivity contribution is -0.122. The van der Waals surface area contributed by atoms with Gasteiger partial charge in [0.2, 0.25) is 5.91 Å². The van der Waals surface area contributed by atoms with E-state index in [0.717, 1.165) is 10.6 Å². The number of nitrogens with zero attached hydrogens (tertiary/aromatic N) is 1. The van der Waals surface area contributed by atoms with E-state index in [1.165, 1.54) is 11.3 Å². The van der Waals surface area contributed by atoms with Gasteiger partial charge in [0.15, 0.2) is 0 Å². The Kier molecular flexibility index (Phi) is 4.89. The fraction of sp³-hybridized carbons (Fsp3) is 0.636. The number of aliphatic hydroxyl groups is 1. The lowest BCUT2D eigenvalue weighted by atomic mass is 10.3. The molecule has 0 aliphatic carbocycles. The number of amides is 1. The van der Waals surface area contributed by atoms with E-state index in [2.05, 4.69) is 5.32 Å². The molecule has 5 nitrogen and oxygen atoms in total. The predicted octanol–water partition coefficient (Wildman–Crippen LogP) is 0.414. The Balaban J connectivity index is 2.56. The number of thiazole rings is 1. The minimum absolute atomic E-state index is 0.0250. The van der Waals surface area contributed by atoms with E-state index in [1.807, 2.05) is 13.8 Å². The van der Waals surface area contributed by atoms with E-state index in [1.54, 1.807) is 11.5 Å². The van der Waals surface area contributed by atoms with Crippen molar-refractivity contribution in [3.8, 4) is 0 Å². The topological polar surface area (TPSA) is 71.3 Å². The molecule has 0 saturated heterocycles. The van der Waals surface area contributed by atoms with Gasteiger partial charge < -0.3 is 15.0 Å². The van der Waals surface area contributed by atoms with Crippen molar-refractivity contribution < 1.29 is 9.90 Å². The minimum atomic E-state index is -0.246. The van der Waals surface area contributed by atoms with Gasteiger partial charge in [-0.25, -0.2) is 0 Å². The Labute approximate surface area is 104 Å². The molecule has 2 N–H and O–H groups in total. The maximum Gasteiger partial charge on any atom is 0.307 e. The number of carbonyl (C=O) groups excluding carboxylic acids is 1. The molecule has 17 heavy (non-hydrogen) atoms. The summed E-state index contributed by atoms with van der Waals surface area (Å²) >= 11 is 1.20. The molecular formula is C11H18N2O3S. The molecule has 1 rings (SSSR count). The number of hydrogen-bond donors (Lipinski definition) is 2. The smallest absolute Gasteiger partial charge is 0.307 e. The Morgan fingerprint density at radius 2 is 2.18 bits per heavy atom. The molecular weight excluding hydrogens is 240 g/mol. The van der Waals surface area contributed by atoms with Gasteiger partial charge in [0.1, 0.15) is 0 Å². The quantitative estimate of drug-likeness (QED) is 0.803. The molecule has 96 valence electrons. The lowest BCUT2D eigenvalue weighted by Gasteiger charge is -2.11. The summed E-state index contributed by atoms with van der Waals surface area (Å²) in [5, 5.41) is 11.4. The van der Waals surface area contributed by atoms with Crippen molar-refractivity contribution in [3.63, 3.8) is 0 Å². The van der Waals surface area contributed by atoms with Gasteiger partial charge in [-0.3, -0.25) is 9.59 Å². The zero-order chi connectivity index (χ0) is 13.0. The van der Waals surface area contributed by atoms with E-state index in [0.29, 0.717) is 6.54 Å². The molecule has 1 amide bonds. The summed E-state index contributed by atoms with van der Waals surface area (Å²) in [7, 11) is 0. The molecule has 0 spiro atoms. The van der Waals surface area contributed by atoms with Crippen molar-refractivity contribution in [3.05, 3.63) is 20.2 Å². The Morgan fingerprint density at radius 1 is 1.53 bits per heavy atom. The third kappa shape index (κ3) is 3.67. The second-order valence-corrected chi connectivity index (χ2v) is 5.23. The van der Waals surface area contributed by atoms with Crippen LogP contribution in [0.2, 0.25) is 0 Å². The van der Waals surface area contributed by atoms with Crippen molar-refractivity contribution in [2.75, 3.05) is 6.61 Å². The van der Waals surface area contributed by atoms with E-state index in [-0.39, 0.29) is 29.8 Å². The van der Waals surface area contributed by atoms with Crippen LogP contribution in [-0.2, 0) is 11.3 Å². The Bertz CT molecular complexity index is 450. The second kappa shape index (κ2) is 5.97. The van der Waals surface area contributed by atoms with E-state index in [9.17, 15) is 9.59 Å². The second-order valence-electron chi connectivity index (χ2n) is 4.06. The van der Waals surface area contributed by atoms with E-state index >= 15 is 0 Å². The van der Waals surface area contributed by atoms with Crippen LogP contribution < -0.4 is 10.2 Å². The first-order valence-corrected chi connectivity index (χ1v) is 6.34. The molecule has 0 aliphatic rings. The molecule has 1 heterocycles. The Hall–Kier alpha value is -1.14. The van der Waals surface area contributed by atoms with Crippen molar-refractivity contribution in [2.24, 2.45) is 0 Å². The van der Waals surface area contributed by atoms with Gasteiger partial charge in [-0.15, -0.1) is 0 Å². The van der Waals surface area contributed by atoms with Crippen molar-refractivity contribution in [2.45, 2.75) is 39.8 Å². The summed E-state index contributed by atoms with van der Waals surface area (Å²) < 4.78 is 1.61. The van der Waals surface area contributed by atoms with Gasteiger partial charge in [0.05, 0.1) is 6.61 Å². The molecule has 0 saturated carbocycles. The summed E-state index contributed by atoms with van der Waals surface area (Å²) in [6, 6.07) is -0.246. The standard InChI is InChI=1S/C11H18N2O3S/c1-7(6-14)12-10(15)4-5-13-8(2)9(3)17-11(13)16/h7,14H,4-6H2,1-3H3,(H,12,15). The van der Waals surface area contributed by atoms with Crippen LogP contribution >= 0.6 is 11.3 Å². The number of hydrogen-bond acceptors (Lipinski definition) is 4. The van der Waals surface area contributed by atoms with Gasteiger partial charge in [-0.05, 0) is 20.8 Å². The summed E-state index contributed by atoms with van der Waals surface area (Å²) in [6.07, 6.45) is 0.251. The van der Waals surface area contributed by atoms with Crippen LogP contribution in [-0.4, -0.2) is 28.2 Å². The average Bonchev–Trinajstić information content (AvgIpc) is 2.51. The third-order valence-electron chi connectivity index (χ3n) is 2.62. The van der Waals surface area contributed by atoms with Gasteiger partial charge >= 0.3 is 4.87 Å². The van der Waals surface area contributed by atoms with Crippen molar-refractivity contribution in [1.82, 2.24) is 9.88 Å². The highest BCUT2D eigenvalue weighted by molar-refractivity contribution is 7.09. The number of rotatable bonds is 5. The predicted molar refractivity (Wildman–Crippen MR) is 67.4 cm³/mol. The number of aliphatic hydroxyl groups excluding tert-OH is 1. The monoisotopic (exact) mass is 258 g/mol. The fourth-order valence-corrected chi connectivity index (χ4v) is 2.31. The molecule has 1 aromatic rings. The number of carbonyl (C=O) groups is 1. The van der Waals surface area contributed by atoms with Crippen LogP contribution in [0.25, 0.3) is 0 Å². The number of nitrogens with one attached hydrogen (secondary N) is 1. The van der Waals surface area contributed by atoms with Gasteiger partial charge in [0, 0.05) is 29.6 Å². The highest BCUT2D eigenvalue weighted by atomic mass is 32.1. The Morgan fingerprint density at radius 3 is 2.65 bits per heavy atom. The summed E-state index contributed by atoms with van der Waals surface area (Å²) in [5.74, 6) is -0.151. The first-order valence-electron chi connectivity index (χ1n) is 5.52. The summed E-state index contributed by atoms with van der Waals surface area (Å²) in [6.45, 7) is 5.80. The van der Waals surface area contributed by atoms with E-state index < -0.39 is 0 Å². The third-order valence-corrected chi connectivity index (χ3v) is 3.62. The fourth-order valence-electron chi connectivity index (χ4n) is 1.45. The average molecular weight is 258 g/mol. The maximum absolute atomic E-state index is 11.6. The van der Waals surface area contributed by atoms with Crippen LogP contribution in [0, 0.1) is 13.8 Å². The zero-order valence-corrected chi connectivity index (χ0v) is 11.1. The first kappa shape index (κ1) is 13.9. The summed E-state index contributed by atoms with van der Waals surface area (Å²) in [5.41, 5.74) is 0.919. The molecule has 0 radical (unpaired) electrons. The van der Waals surface area contributed by atoms with Gasteiger partial charge in [-0.2, -0.15) is 0 Å². The highest BCUT2D eigenvalue weighted by Gasteiger charge is 2.10. The minimum Gasteiger partial charge on any atom is -0.394 e. The van der Waals surface area contributed by atoms with Crippen LogP contribution in [0.1, 0.15) is 23.9 Å². The molecule has 1 atom stereocenters. The number of aryl methyl sites for hydroxylation is 1. The first-order chi connectivity index (χ1) is 7.95. The molecule has 6 heteroatoms.